The first kappa shape index (κ1) is 11.1. The van der Waals surface area contributed by atoms with Gasteiger partial charge in [0.1, 0.15) is 0 Å². The zero-order valence-electron chi connectivity index (χ0n) is 9.65. The molecule has 0 aliphatic heterocycles. The molecule has 2 rings (SSSR count). The molecule has 1 saturated carbocycles. The first-order valence-electron chi connectivity index (χ1n) is 5.98. The fraction of sp³-hybridized carbons (Fsp3) is 0.538. The number of nitrogens with zero attached hydrogens (tertiary/aromatic N) is 1. The Kier molecular flexibility index (Phi) is 3.54. The van der Waals surface area contributed by atoms with Gasteiger partial charge in [-0.05, 0) is 31.9 Å². The Morgan fingerprint density at radius 1 is 1.44 bits per heavy atom. The second-order valence-electron chi connectivity index (χ2n) is 4.47. The molecule has 1 heterocycles. The van der Waals surface area contributed by atoms with Gasteiger partial charge in [-0.25, -0.2) is 0 Å². The highest BCUT2D eigenvalue weighted by molar-refractivity contribution is 5.79. The molecule has 1 aromatic heterocycles. The van der Waals surface area contributed by atoms with E-state index in [1.165, 1.54) is 12.8 Å². The molecule has 0 aromatic carbocycles. The SMILES string of the molecule is CC(NC(=O)C1CCCC1)c1ccccn1. The maximum atomic E-state index is 11.9. The van der Waals surface area contributed by atoms with Crippen LogP contribution >= 0.6 is 0 Å². The van der Waals surface area contributed by atoms with E-state index in [1.807, 2.05) is 25.1 Å². The van der Waals surface area contributed by atoms with Gasteiger partial charge in [-0.3, -0.25) is 9.78 Å². The number of nitrogens with one attached hydrogen (secondary N) is 1. The Morgan fingerprint density at radius 2 is 2.19 bits per heavy atom. The van der Waals surface area contributed by atoms with Crippen LogP contribution in [0.1, 0.15) is 44.3 Å². The molecular formula is C13H18N2O. The predicted molar refractivity (Wildman–Crippen MR) is 62.8 cm³/mol. The number of amides is 1. The van der Waals surface area contributed by atoms with E-state index in [0.717, 1.165) is 18.5 Å². The van der Waals surface area contributed by atoms with Crippen molar-refractivity contribution in [1.82, 2.24) is 10.3 Å². The maximum Gasteiger partial charge on any atom is 0.223 e. The van der Waals surface area contributed by atoms with E-state index in [2.05, 4.69) is 10.3 Å². The van der Waals surface area contributed by atoms with E-state index < -0.39 is 0 Å². The average Bonchev–Trinajstić information content (AvgIpc) is 2.83. The molecule has 0 bridgehead atoms. The monoisotopic (exact) mass is 218 g/mol. The molecule has 16 heavy (non-hydrogen) atoms. The van der Waals surface area contributed by atoms with Gasteiger partial charge in [0.15, 0.2) is 0 Å². The molecular weight excluding hydrogens is 200 g/mol. The van der Waals surface area contributed by atoms with Crippen molar-refractivity contribution in [2.45, 2.75) is 38.6 Å². The van der Waals surface area contributed by atoms with E-state index in [0.29, 0.717) is 0 Å². The van der Waals surface area contributed by atoms with Gasteiger partial charge in [0, 0.05) is 12.1 Å². The summed E-state index contributed by atoms with van der Waals surface area (Å²) in [5, 5.41) is 3.04. The van der Waals surface area contributed by atoms with Crippen LogP contribution in [0.25, 0.3) is 0 Å². The van der Waals surface area contributed by atoms with E-state index in [1.54, 1.807) is 6.20 Å². The van der Waals surface area contributed by atoms with E-state index >= 15 is 0 Å². The topological polar surface area (TPSA) is 42.0 Å². The maximum absolute atomic E-state index is 11.9. The molecule has 1 atom stereocenters. The van der Waals surface area contributed by atoms with Crippen LogP contribution in [0.3, 0.4) is 0 Å². The summed E-state index contributed by atoms with van der Waals surface area (Å²) in [4.78, 5) is 16.1. The highest BCUT2D eigenvalue weighted by Crippen LogP contribution is 2.25. The standard InChI is InChI=1S/C13H18N2O/c1-10(12-8-4-5-9-14-12)15-13(16)11-6-2-3-7-11/h4-5,8-11H,2-3,6-7H2,1H3,(H,15,16). The summed E-state index contributed by atoms with van der Waals surface area (Å²) in [6.07, 6.45) is 6.22. The zero-order chi connectivity index (χ0) is 11.4. The van der Waals surface area contributed by atoms with Crippen molar-refractivity contribution in [3.05, 3.63) is 30.1 Å². The predicted octanol–water partition coefficient (Wildman–Crippen LogP) is 2.45. The van der Waals surface area contributed by atoms with Gasteiger partial charge in [-0.1, -0.05) is 18.9 Å². The Bertz CT molecular complexity index is 344. The first-order valence-corrected chi connectivity index (χ1v) is 5.98. The van der Waals surface area contributed by atoms with Crippen molar-refractivity contribution in [2.75, 3.05) is 0 Å². The summed E-state index contributed by atoms with van der Waals surface area (Å²) in [6, 6.07) is 5.78. The summed E-state index contributed by atoms with van der Waals surface area (Å²) in [5.41, 5.74) is 0.925. The second-order valence-corrected chi connectivity index (χ2v) is 4.47. The average molecular weight is 218 g/mol. The van der Waals surface area contributed by atoms with Crippen LogP contribution in [0.2, 0.25) is 0 Å². The van der Waals surface area contributed by atoms with Crippen molar-refractivity contribution >= 4 is 5.91 Å². The van der Waals surface area contributed by atoms with Crippen LogP contribution in [-0.4, -0.2) is 10.9 Å². The smallest absolute Gasteiger partial charge is 0.223 e. The van der Waals surface area contributed by atoms with Crippen LogP contribution in [0.5, 0.6) is 0 Å². The highest BCUT2D eigenvalue weighted by atomic mass is 16.1. The number of rotatable bonds is 3. The summed E-state index contributed by atoms with van der Waals surface area (Å²) >= 11 is 0. The molecule has 1 N–H and O–H groups in total. The van der Waals surface area contributed by atoms with Gasteiger partial charge in [0.25, 0.3) is 0 Å². The Hall–Kier alpha value is -1.38. The lowest BCUT2D eigenvalue weighted by molar-refractivity contribution is -0.125. The van der Waals surface area contributed by atoms with Crippen molar-refractivity contribution < 1.29 is 4.79 Å². The molecule has 0 radical (unpaired) electrons. The van der Waals surface area contributed by atoms with Crippen LogP contribution in [0, 0.1) is 5.92 Å². The van der Waals surface area contributed by atoms with Gasteiger partial charge < -0.3 is 5.32 Å². The summed E-state index contributed by atoms with van der Waals surface area (Å²) < 4.78 is 0. The lowest BCUT2D eigenvalue weighted by Gasteiger charge is -2.16. The van der Waals surface area contributed by atoms with E-state index in [-0.39, 0.29) is 17.9 Å². The number of hydrogen-bond acceptors (Lipinski definition) is 2. The lowest BCUT2D eigenvalue weighted by Crippen LogP contribution is -2.31. The zero-order valence-corrected chi connectivity index (χ0v) is 9.65. The number of carbonyl (C=O) groups is 1. The van der Waals surface area contributed by atoms with Gasteiger partial charge in [0.05, 0.1) is 11.7 Å². The summed E-state index contributed by atoms with van der Waals surface area (Å²) in [6.45, 7) is 1.98. The molecule has 3 heteroatoms. The van der Waals surface area contributed by atoms with Gasteiger partial charge >= 0.3 is 0 Å². The highest BCUT2D eigenvalue weighted by Gasteiger charge is 2.23. The molecule has 3 nitrogen and oxygen atoms in total. The number of pyridine rings is 1. The molecule has 1 aliphatic carbocycles. The van der Waals surface area contributed by atoms with Crippen LogP contribution in [0.15, 0.2) is 24.4 Å². The minimum atomic E-state index is 0.00861. The Balaban J connectivity index is 1.92. The van der Waals surface area contributed by atoms with Crippen LogP contribution in [-0.2, 0) is 4.79 Å². The normalized spacial score (nSPS) is 18.3. The van der Waals surface area contributed by atoms with Crippen molar-refractivity contribution in [2.24, 2.45) is 5.92 Å². The summed E-state index contributed by atoms with van der Waals surface area (Å²) in [7, 11) is 0. The summed E-state index contributed by atoms with van der Waals surface area (Å²) in [5.74, 6) is 0.418. The largest absolute Gasteiger partial charge is 0.348 e. The molecule has 1 fully saturated rings. The molecule has 86 valence electrons. The van der Waals surface area contributed by atoms with Crippen molar-refractivity contribution in [3.8, 4) is 0 Å². The number of carbonyl (C=O) groups excluding carboxylic acids is 1. The molecule has 1 aromatic rings. The van der Waals surface area contributed by atoms with Gasteiger partial charge in [0.2, 0.25) is 5.91 Å². The number of aromatic nitrogens is 1. The second kappa shape index (κ2) is 5.10. The fourth-order valence-electron chi connectivity index (χ4n) is 2.23. The Morgan fingerprint density at radius 3 is 2.81 bits per heavy atom. The van der Waals surface area contributed by atoms with Crippen molar-refractivity contribution in [1.29, 1.82) is 0 Å². The third-order valence-electron chi connectivity index (χ3n) is 3.22. The quantitative estimate of drug-likeness (QED) is 0.846. The molecule has 1 unspecified atom stereocenters. The molecule has 1 amide bonds. The third kappa shape index (κ3) is 2.60. The molecule has 0 saturated heterocycles. The minimum absolute atomic E-state index is 0.00861. The van der Waals surface area contributed by atoms with Crippen LogP contribution < -0.4 is 5.32 Å². The van der Waals surface area contributed by atoms with E-state index in [4.69, 9.17) is 0 Å². The number of hydrogen-bond donors (Lipinski definition) is 1. The molecule has 1 aliphatic rings. The van der Waals surface area contributed by atoms with Crippen LogP contribution in [0.4, 0.5) is 0 Å². The lowest BCUT2D eigenvalue weighted by atomic mass is 10.1. The Labute approximate surface area is 96.3 Å². The van der Waals surface area contributed by atoms with Crippen molar-refractivity contribution in [3.63, 3.8) is 0 Å². The fourth-order valence-corrected chi connectivity index (χ4v) is 2.23. The molecule has 0 spiro atoms. The third-order valence-corrected chi connectivity index (χ3v) is 3.22. The first-order chi connectivity index (χ1) is 7.77. The van der Waals surface area contributed by atoms with Gasteiger partial charge in [-0.2, -0.15) is 0 Å². The van der Waals surface area contributed by atoms with Gasteiger partial charge in [-0.15, -0.1) is 0 Å². The minimum Gasteiger partial charge on any atom is -0.348 e. The van der Waals surface area contributed by atoms with E-state index in [9.17, 15) is 4.79 Å².